The Bertz CT molecular complexity index is 349. The van der Waals surface area contributed by atoms with E-state index in [1.807, 2.05) is 18.2 Å². The number of benzene rings is 1. The van der Waals surface area contributed by atoms with Gasteiger partial charge in [0.2, 0.25) is 0 Å². The lowest BCUT2D eigenvalue weighted by molar-refractivity contribution is 0.857. The lowest BCUT2D eigenvalue weighted by Crippen LogP contribution is -2.32. The van der Waals surface area contributed by atoms with Crippen molar-refractivity contribution in [2.24, 2.45) is 10.7 Å². The normalized spacial score (nSPS) is 10.8. The highest BCUT2D eigenvalue weighted by Crippen LogP contribution is 2.24. The van der Waals surface area contributed by atoms with E-state index in [1.54, 1.807) is 7.05 Å². The fraction of sp³-hybridized carbons (Fsp3) is 0.300. The van der Waals surface area contributed by atoms with Crippen molar-refractivity contribution in [2.75, 3.05) is 13.6 Å². The van der Waals surface area contributed by atoms with E-state index in [9.17, 15) is 0 Å². The minimum absolute atomic E-state index is 0. The highest BCUT2D eigenvalue weighted by molar-refractivity contribution is 14.0. The summed E-state index contributed by atoms with van der Waals surface area (Å²) in [5.74, 6) is 0.415. The lowest BCUT2D eigenvalue weighted by atomic mass is 10.1. The fourth-order valence-corrected chi connectivity index (χ4v) is 1.75. The molecule has 3 N–H and O–H groups in total. The van der Waals surface area contributed by atoms with Gasteiger partial charge in [-0.05, 0) is 24.1 Å². The smallest absolute Gasteiger partial charge is 0.188 e. The van der Waals surface area contributed by atoms with E-state index in [1.165, 1.54) is 0 Å². The molecule has 1 aromatic rings. The first-order chi connectivity index (χ1) is 7.15. The summed E-state index contributed by atoms with van der Waals surface area (Å²) in [4.78, 5) is 3.78. The van der Waals surface area contributed by atoms with Crippen LogP contribution in [0.3, 0.4) is 0 Å². The zero-order valence-corrected chi connectivity index (χ0v) is 12.7. The van der Waals surface area contributed by atoms with E-state index in [0.29, 0.717) is 29.0 Å². The number of nitrogens with one attached hydrogen (secondary N) is 1. The number of guanidine groups is 1. The van der Waals surface area contributed by atoms with Crippen LogP contribution in [0.25, 0.3) is 0 Å². The molecule has 0 aliphatic rings. The molecule has 90 valence electrons. The number of nitrogens with two attached hydrogens (primary N) is 1. The maximum Gasteiger partial charge on any atom is 0.188 e. The molecule has 0 amide bonds. The molecule has 0 aliphatic heterocycles. The Balaban J connectivity index is 0.00000225. The average Bonchev–Trinajstić information content (AvgIpc) is 2.22. The second kappa shape index (κ2) is 7.97. The molecule has 0 unspecified atom stereocenters. The van der Waals surface area contributed by atoms with Gasteiger partial charge in [-0.15, -0.1) is 24.0 Å². The van der Waals surface area contributed by atoms with Crippen LogP contribution >= 0.6 is 47.2 Å². The molecular formula is C10H14Cl2IN3. The van der Waals surface area contributed by atoms with Crippen LogP contribution in [0.15, 0.2) is 23.2 Å². The van der Waals surface area contributed by atoms with Gasteiger partial charge in [-0.3, -0.25) is 4.99 Å². The van der Waals surface area contributed by atoms with Crippen LogP contribution in [-0.4, -0.2) is 19.6 Å². The van der Waals surface area contributed by atoms with Crippen LogP contribution in [0.4, 0.5) is 0 Å². The number of hydrogen-bond acceptors (Lipinski definition) is 1. The van der Waals surface area contributed by atoms with Crippen molar-refractivity contribution in [1.82, 2.24) is 5.32 Å². The highest BCUT2D eigenvalue weighted by Gasteiger charge is 2.04. The van der Waals surface area contributed by atoms with Gasteiger partial charge in [0.1, 0.15) is 0 Å². The van der Waals surface area contributed by atoms with Crippen LogP contribution in [0.5, 0.6) is 0 Å². The molecule has 0 radical (unpaired) electrons. The summed E-state index contributed by atoms with van der Waals surface area (Å²) in [5, 5.41) is 4.30. The number of halogens is 3. The maximum atomic E-state index is 6.01. The first-order valence-electron chi connectivity index (χ1n) is 4.54. The first kappa shape index (κ1) is 15.8. The molecular weight excluding hydrogens is 360 g/mol. The monoisotopic (exact) mass is 373 g/mol. The van der Waals surface area contributed by atoms with Gasteiger partial charge in [-0.2, -0.15) is 0 Å². The van der Waals surface area contributed by atoms with Crippen molar-refractivity contribution < 1.29 is 0 Å². The molecule has 0 saturated carbocycles. The highest BCUT2D eigenvalue weighted by atomic mass is 127. The zero-order valence-electron chi connectivity index (χ0n) is 8.84. The Kier molecular flexibility index (Phi) is 7.87. The van der Waals surface area contributed by atoms with Gasteiger partial charge in [0.25, 0.3) is 0 Å². The Labute approximate surface area is 122 Å². The maximum absolute atomic E-state index is 6.01. The number of nitrogens with zero attached hydrogens (tertiary/aromatic N) is 1. The average molecular weight is 374 g/mol. The van der Waals surface area contributed by atoms with E-state index in [0.717, 1.165) is 5.56 Å². The lowest BCUT2D eigenvalue weighted by Gasteiger charge is -2.08. The third-order valence-electron chi connectivity index (χ3n) is 1.98. The third-order valence-corrected chi connectivity index (χ3v) is 2.69. The molecule has 3 nitrogen and oxygen atoms in total. The molecule has 0 saturated heterocycles. The van der Waals surface area contributed by atoms with Crippen molar-refractivity contribution in [3.63, 3.8) is 0 Å². The quantitative estimate of drug-likeness (QED) is 0.486. The predicted octanol–water partition coefficient (Wildman–Crippen LogP) is 2.69. The summed E-state index contributed by atoms with van der Waals surface area (Å²) >= 11 is 12.0. The van der Waals surface area contributed by atoms with Gasteiger partial charge in [-0.1, -0.05) is 29.3 Å². The number of aliphatic imine (C=N–C) groups is 1. The number of hydrogen-bond donors (Lipinski definition) is 2. The molecule has 0 fully saturated rings. The molecule has 1 aromatic carbocycles. The number of rotatable bonds is 3. The molecule has 0 aromatic heterocycles. The summed E-state index contributed by atoms with van der Waals surface area (Å²) in [5.41, 5.74) is 6.41. The van der Waals surface area contributed by atoms with Gasteiger partial charge < -0.3 is 11.1 Å². The van der Waals surface area contributed by atoms with Crippen LogP contribution < -0.4 is 11.1 Å². The second-order valence-electron chi connectivity index (χ2n) is 2.99. The van der Waals surface area contributed by atoms with Crippen LogP contribution in [0, 0.1) is 0 Å². The summed E-state index contributed by atoms with van der Waals surface area (Å²) in [6, 6.07) is 5.46. The molecule has 16 heavy (non-hydrogen) atoms. The first-order valence-corrected chi connectivity index (χ1v) is 5.29. The predicted molar refractivity (Wildman–Crippen MR) is 81.1 cm³/mol. The Morgan fingerprint density at radius 3 is 2.44 bits per heavy atom. The van der Waals surface area contributed by atoms with E-state index >= 15 is 0 Å². The minimum atomic E-state index is 0. The van der Waals surface area contributed by atoms with E-state index < -0.39 is 0 Å². The van der Waals surface area contributed by atoms with Crippen LogP contribution in [0.1, 0.15) is 5.56 Å². The second-order valence-corrected chi connectivity index (χ2v) is 3.80. The van der Waals surface area contributed by atoms with Crippen LogP contribution in [0.2, 0.25) is 10.0 Å². The van der Waals surface area contributed by atoms with Crippen molar-refractivity contribution in [1.29, 1.82) is 0 Å². The third kappa shape index (κ3) is 4.76. The van der Waals surface area contributed by atoms with Crippen LogP contribution in [-0.2, 0) is 6.42 Å². The SMILES string of the molecule is CN=C(N)NCCc1c(Cl)cccc1Cl.I. The van der Waals surface area contributed by atoms with E-state index in [2.05, 4.69) is 10.3 Å². The molecule has 0 heterocycles. The largest absolute Gasteiger partial charge is 0.370 e. The Morgan fingerprint density at radius 1 is 1.38 bits per heavy atom. The standard InChI is InChI=1S/C10H13Cl2N3.HI/c1-14-10(13)15-6-5-7-8(11)3-2-4-9(7)12;/h2-4H,5-6H2,1H3,(H3,13,14,15);1H. The summed E-state index contributed by atoms with van der Waals surface area (Å²) in [7, 11) is 1.63. The fourth-order valence-electron chi connectivity index (χ4n) is 1.17. The van der Waals surface area contributed by atoms with Gasteiger partial charge in [0.05, 0.1) is 0 Å². The van der Waals surface area contributed by atoms with Gasteiger partial charge >= 0.3 is 0 Å². The van der Waals surface area contributed by atoms with Crippen molar-refractivity contribution >= 4 is 53.1 Å². The van der Waals surface area contributed by atoms with Crippen molar-refractivity contribution in [2.45, 2.75) is 6.42 Å². The molecule has 6 heteroatoms. The summed E-state index contributed by atoms with van der Waals surface area (Å²) in [6.45, 7) is 0.659. The Hall–Kier alpha value is -0.200. The Morgan fingerprint density at radius 2 is 1.94 bits per heavy atom. The zero-order chi connectivity index (χ0) is 11.3. The van der Waals surface area contributed by atoms with Crippen molar-refractivity contribution in [3.05, 3.63) is 33.8 Å². The molecule has 0 atom stereocenters. The molecule has 1 rings (SSSR count). The van der Waals surface area contributed by atoms with Crippen molar-refractivity contribution in [3.8, 4) is 0 Å². The van der Waals surface area contributed by atoms with E-state index in [-0.39, 0.29) is 24.0 Å². The van der Waals surface area contributed by atoms with Gasteiger partial charge in [-0.25, -0.2) is 0 Å². The summed E-state index contributed by atoms with van der Waals surface area (Å²) < 4.78 is 0. The topological polar surface area (TPSA) is 50.4 Å². The molecule has 0 spiro atoms. The summed E-state index contributed by atoms with van der Waals surface area (Å²) in [6.07, 6.45) is 0.717. The molecule has 0 bridgehead atoms. The van der Waals surface area contributed by atoms with Gasteiger partial charge in [0, 0.05) is 23.6 Å². The van der Waals surface area contributed by atoms with Gasteiger partial charge in [0.15, 0.2) is 5.96 Å². The minimum Gasteiger partial charge on any atom is -0.370 e. The van der Waals surface area contributed by atoms with E-state index in [4.69, 9.17) is 28.9 Å². The molecule has 0 aliphatic carbocycles.